The molecule has 0 radical (unpaired) electrons. The first-order valence-electron chi connectivity index (χ1n) is 15.6. The number of fused-ring (bicyclic) bond motifs is 1. The normalized spacial score (nSPS) is 14.2. The third-order valence-corrected chi connectivity index (χ3v) is 9.09. The molecular weight excluding hydrogens is 615 g/mol. The van der Waals surface area contributed by atoms with Crippen molar-refractivity contribution in [3.63, 3.8) is 0 Å². The highest BCUT2D eigenvalue weighted by Crippen LogP contribution is 2.31. The molecular formula is C34H35BN6O5S. The van der Waals surface area contributed by atoms with Gasteiger partial charge in [-0.1, -0.05) is 24.3 Å². The Labute approximate surface area is 276 Å². The molecule has 4 heterocycles. The van der Waals surface area contributed by atoms with E-state index in [-0.39, 0.29) is 17.7 Å². The molecule has 2 saturated heterocycles. The van der Waals surface area contributed by atoms with E-state index in [0.29, 0.717) is 28.0 Å². The van der Waals surface area contributed by atoms with Gasteiger partial charge in [-0.2, -0.15) is 5.10 Å². The zero-order valence-corrected chi connectivity index (χ0v) is 26.8. The van der Waals surface area contributed by atoms with Gasteiger partial charge >= 0.3 is 7.12 Å². The van der Waals surface area contributed by atoms with Crippen molar-refractivity contribution in [2.75, 3.05) is 31.5 Å². The first kappa shape index (κ1) is 32.1. The van der Waals surface area contributed by atoms with E-state index >= 15 is 0 Å². The molecule has 3 amide bonds. The van der Waals surface area contributed by atoms with Crippen molar-refractivity contribution < 1.29 is 24.4 Å². The number of aromatic nitrogens is 3. The number of nitrogens with one attached hydrogen (secondary N) is 2. The fraction of sp³-hybridized carbons (Fsp3) is 0.265. The van der Waals surface area contributed by atoms with Crippen LogP contribution >= 0.6 is 11.3 Å². The molecule has 2 aromatic heterocycles. The first-order chi connectivity index (χ1) is 22.8. The number of benzene rings is 3. The van der Waals surface area contributed by atoms with Crippen molar-refractivity contribution in [2.24, 2.45) is 0 Å². The van der Waals surface area contributed by atoms with E-state index in [2.05, 4.69) is 20.5 Å². The molecule has 13 heteroatoms. The van der Waals surface area contributed by atoms with Crippen molar-refractivity contribution in [1.82, 2.24) is 25.0 Å². The summed E-state index contributed by atoms with van der Waals surface area (Å²) in [5, 5.41) is 31.5. The Hall–Kier alpha value is -4.85. The largest absolute Gasteiger partial charge is 0.488 e. The summed E-state index contributed by atoms with van der Waals surface area (Å²) in [7, 11) is -1.52. The highest BCUT2D eigenvalue weighted by atomic mass is 32.1. The van der Waals surface area contributed by atoms with Crippen molar-refractivity contribution >= 4 is 58.2 Å². The maximum Gasteiger partial charge on any atom is 0.488 e. The van der Waals surface area contributed by atoms with E-state index in [1.165, 1.54) is 17.4 Å². The predicted molar refractivity (Wildman–Crippen MR) is 183 cm³/mol. The maximum atomic E-state index is 12.8. The van der Waals surface area contributed by atoms with Crippen LogP contribution in [0.3, 0.4) is 0 Å². The number of carbonyl (C=O) groups is 3. The first-order valence-corrected chi connectivity index (χ1v) is 16.5. The second-order valence-electron chi connectivity index (χ2n) is 11.6. The molecule has 11 nitrogen and oxygen atoms in total. The van der Waals surface area contributed by atoms with Crippen LogP contribution in [0.2, 0.25) is 0 Å². The molecule has 0 aliphatic carbocycles. The number of hydrogen-bond donors (Lipinski definition) is 4. The maximum absolute atomic E-state index is 12.8. The molecule has 0 saturated carbocycles. The molecule has 0 spiro atoms. The minimum Gasteiger partial charge on any atom is -0.423 e. The second-order valence-corrected chi connectivity index (χ2v) is 12.7. The lowest BCUT2D eigenvalue weighted by atomic mass is 9.79. The number of amides is 3. The van der Waals surface area contributed by atoms with E-state index in [4.69, 9.17) is 10.0 Å². The summed E-state index contributed by atoms with van der Waals surface area (Å²) in [6, 6.07) is 18.0. The monoisotopic (exact) mass is 650 g/mol. The van der Waals surface area contributed by atoms with Gasteiger partial charge < -0.3 is 25.2 Å². The summed E-state index contributed by atoms with van der Waals surface area (Å²) in [5.41, 5.74) is 5.18. The molecule has 0 bridgehead atoms. The molecule has 2 aliphatic rings. The third-order valence-electron chi connectivity index (χ3n) is 8.32. The van der Waals surface area contributed by atoms with Gasteiger partial charge in [-0.05, 0) is 85.6 Å². The minimum atomic E-state index is -1.52. The van der Waals surface area contributed by atoms with E-state index in [1.807, 2.05) is 48.2 Å². The molecule has 0 atom stereocenters. The van der Waals surface area contributed by atoms with Gasteiger partial charge in [0.2, 0.25) is 0 Å². The Morgan fingerprint density at radius 1 is 0.851 bits per heavy atom. The van der Waals surface area contributed by atoms with Crippen molar-refractivity contribution in [3.8, 4) is 11.1 Å². The van der Waals surface area contributed by atoms with Crippen LogP contribution in [0.4, 0.5) is 5.69 Å². The SMILES string of the molecule is Cc1nc(C(=O)Nc2cc(-c3cccc(C(=O)N4CCCC4)c3)cc3[nH]ncc23)cs1.O=C(c1cccc(B(O)O)c1)N1CCCC1. The Bertz CT molecular complexity index is 1910. The van der Waals surface area contributed by atoms with Gasteiger partial charge in [0.1, 0.15) is 5.69 Å². The summed E-state index contributed by atoms with van der Waals surface area (Å²) >= 11 is 1.44. The van der Waals surface area contributed by atoms with E-state index in [9.17, 15) is 14.4 Å². The van der Waals surface area contributed by atoms with Gasteiger partial charge in [-0.3, -0.25) is 19.5 Å². The number of aryl methyl sites for hydroxylation is 1. The third kappa shape index (κ3) is 7.43. The molecule has 0 unspecified atom stereocenters. The van der Waals surface area contributed by atoms with Crippen LogP contribution in [0.25, 0.3) is 22.0 Å². The van der Waals surface area contributed by atoms with Crippen LogP contribution in [0.15, 0.2) is 72.2 Å². The lowest BCUT2D eigenvalue weighted by Crippen LogP contribution is -2.32. The fourth-order valence-corrected chi connectivity index (χ4v) is 6.44. The Morgan fingerprint density at radius 3 is 2.11 bits per heavy atom. The van der Waals surface area contributed by atoms with Crippen LogP contribution in [0.1, 0.15) is 61.9 Å². The molecule has 2 aliphatic heterocycles. The summed E-state index contributed by atoms with van der Waals surface area (Å²) in [5.74, 6) is -0.226. The average Bonchev–Trinajstić information content (AvgIpc) is 3.92. The van der Waals surface area contributed by atoms with Gasteiger partial charge in [-0.15, -0.1) is 11.3 Å². The number of carbonyl (C=O) groups excluding carboxylic acids is 3. The Balaban J connectivity index is 0.000000203. The molecule has 5 aromatic rings. The average molecular weight is 651 g/mol. The predicted octanol–water partition coefficient (Wildman–Crippen LogP) is 4.09. The Morgan fingerprint density at radius 2 is 1.49 bits per heavy atom. The van der Waals surface area contributed by atoms with Gasteiger partial charge in [0, 0.05) is 48.1 Å². The smallest absolute Gasteiger partial charge is 0.423 e. The van der Waals surface area contributed by atoms with Gasteiger partial charge in [0.25, 0.3) is 17.7 Å². The number of nitrogens with zero attached hydrogens (tertiary/aromatic N) is 4. The van der Waals surface area contributed by atoms with Gasteiger partial charge in [-0.25, -0.2) is 4.98 Å². The number of hydrogen-bond acceptors (Lipinski definition) is 8. The van der Waals surface area contributed by atoms with Crippen LogP contribution in [-0.4, -0.2) is 86.0 Å². The van der Waals surface area contributed by atoms with Crippen molar-refractivity contribution in [2.45, 2.75) is 32.6 Å². The molecule has 3 aromatic carbocycles. The Kier molecular flexibility index (Phi) is 9.76. The van der Waals surface area contributed by atoms with Gasteiger partial charge in [0.05, 0.1) is 22.4 Å². The van der Waals surface area contributed by atoms with E-state index in [1.54, 1.807) is 34.7 Å². The van der Waals surface area contributed by atoms with E-state index < -0.39 is 7.12 Å². The fourth-order valence-electron chi connectivity index (χ4n) is 5.85. The summed E-state index contributed by atoms with van der Waals surface area (Å²) < 4.78 is 0. The standard InChI is InChI=1S/C23H21N5O2S.C11H14BNO3/c1-14-25-21(13-31-14)22(29)26-19-10-17(11-20-18(19)12-24-27-20)15-5-4-6-16(9-15)23(30)28-7-2-3-8-28;14-11(13-6-1-2-7-13)9-4-3-5-10(8-9)12(15)16/h4-6,9-13H,2-3,7-8H2,1H3,(H,24,27)(H,26,29);3-5,8,15-16H,1-2,6-7H2. The zero-order chi connectivity index (χ0) is 32.9. The molecule has 7 rings (SSSR count). The number of thiazole rings is 1. The number of rotatable bonds is 6. The molecule has 47 heavy (non-hydrogen) atoms. The van der Waals surface area contributed by atoms with Gasteiger partial charge in [0.15, 0.2) is 0 Å². The van der Waals surface area contributed by atoms with Crippen LogP contribution in [0.5, 0.6) is 0 Å². The number of likely N-dealkylation sites (tertiary alicyclic amines) is 2. The number of H-pyrrole nitrogens is 1. The topological polar surface area (TPSA) is 152 Å². The van der Waals surface area contributed by atoms with Crippen LogP contribution < -0.4 is 10.8 Å². The highest BCUT2D eigenvalue weighted by molar-refractivity contribution is 7.09. The van der Waals surface area contributed by atoms with E-state index in [0.717, 1.165) is 78.9 Å². The molecule has 4 N–H and O–H groups in total. The zero-order valence-electron chi connectivity index (χ0n) is 26.0. The second kappa shape index (κ2) is 14.3. The molecule has 2 fully saturated rings. The lowest BCUT2D eigenvalue weighted by Gasteiger charge is -2.16. The van der Waals surface area contributed by atoms with Crippen molar-refractivity contribution in [3.05, 3.63) is 94.1 Å². The minimum absolute atomic E-state index is 0.0278. The van der Waals surface area contributed by atoms with Crippen molar-refractivity contribution in [1.29, 1.82) is 0 Å². The summed E-state index contributed by atoms with van der Waals surface area (Å²) in [6.45, 7) is 5.09. The summed E-state index contributed by atoms with van der Waals surface area (Å²) in [4.78, 5) is 45.4. The van der Waals surface area contributed by atoms with Crippen LogP contribution in [-0.2, 0) is 0 Å². The number of anilines is 1. The summed E-state index contributed by atoms with van der Waals surface area (Å²) in [6.07, 6.45) is 5.91. The highest BCUT2D eigenvalue weighted by Gasteiger charge is 2.22. The quantitative estimate of drug-likeness (QED) is 0.202. The number of aromatic amines is 1. The lowest BCUT2D eigenvalue weighted by molar-refractivity contribution is 0.0785. The molecule has 240 valence electrons. The van der Waals surface area contributed by atoms with Crippen LogP contribution in [0, 0.1) is 6.92 Å².